The Balaban J connectivity index is 1.91. The number of rotatable bonds is 7. The molecule has 0 aliphatic heterocycles. The summed E-state index contributed by atoms with van der Waals surface area (Å²) in [5.74, 6) is 1.26. The van der Waals surface area contributed by atoms with Crippen LogP contribution in [0.15, 0.2) is 29.4 Å². The topological polar surface area (TPSA) is 59.8 Å². The van der Waals surface area contributed by atoms with Crippen molar-refractivity contribution in [2.45, 2.75) is 45.3 Å². The molecule has 0 aliphatic rings. The molecule has 22 heavy (non-hydrogen) atoms. The van der Waals surface area contributed by atoms with Crippen LogP contribution in [0.25, 0.3) is 0 Å². The van der Waals surface area contributed by atoms with Crippen LogP contribution in [0.4, 0.5) is 5.69 Å². The van der Waals surface area contributed by atoms with Crippen LogP contribution in [0, 0.1) is 0 Å². The summed E-state index contributed by atoms with van der Waals surface area (Å²) in [6.45, 7) is 7.04. The molecule has 1 N–H and O–H groups in total. The van der Waals surface area contributed by atoms with Gasteiger partial charge in [-0.3, -0.25) is 4.79 Å². The molecule has 0 atom stereocenters. The van der Waals surface area contributed by atoms with Gasteiger partial charge in [-0.2, -0.15) is 0 Å². The summed E-state index contributed by atoms with van der Waals surface area (Å²) in [6.07, 6.45) is 1.84. The molecule has 1 aromatic heterocycles. The van der Waals surface area contributed by atoms with E-state index in [0.29, 0.717) is 5.75 Å². The normalized spacial score (nSPS) is 10.7. The molecular weight excluding hydrogens is 296 g/mol. The number of aromatic nitrogens is 3. The number of carbonyl (C=O) groups excluding carboxylic acids is 1. The van der Waals surface area contributed by atoms with Crippen LogP contribution in [0.1, 0.15) is 32.2 Å². The molecule has 118 valence electrons. The van der Waals surface area contributed by atoms with Crippen LogP contribution in [0.3, 0.4) is 0 Å². The Labute approximate surface area is 135 Å². The first kappa shape index (κ1) is 16.5. The van der Waals surface area contributed by atoms with E-state index in [1.165, 1.54) is 17.3 Å². The molecule has 0 radical (unpaired) electrons. The van der Waals surface area contributed by atoms with E-state index < -0.39 is 0 Å². The van der Waals surface area contributed by atoms with Crippen molar-refractivity contribution in [1.29, 1.82) is 0 Å². The minimum atomic E-state index is -0.0297. The molecule has 0 bridgehead atoms. The van der Waals surface area contributed by atoms with E-state index in [4.69, 9.17) is 0 Å². The molecule has 1 heterocycles. The number of benzene rings is 1. The van der Waals surface area contributed by atoms with Crippen molar-refractivity contribution in [2.24, 2.45) is 0 Å². The second kappa shape index (κ2) is 7.98. The van der Waals surface area contributed by atoms with E-state index >= 15 is 0 Å². The highest BCUT2D eigenvalue weighted by molar-refractivity contribution is 7.99. The molecule has 2 rings (SSSR count). The van der Waals surface area contributed by atoms with Crippen LogP contribution >= 0.6 is 11.8 Å². The smallest absolute Gasteiger partial charge is 0.234 e. The average molecular weight is 318 g/mol. The third kappa shape index (κ3) is 4.10. The van der Waals surface area contributed by atoms with Gasteiger partial charge in [0.25, 0.3) is 0 Å². The maximum absolute atomic E-state index is 12.0. The van der Waals surface area contributed by atoms with Gasteiger partial charge in [0.15, 0.2) is 5.16 Å². The second-order valence-corrected chi connectivity index (χ2v) is 5.83. The summed E-state index contributed by atoms with van der Waals surface area (Å²) >= 11 is 1.42. The standard InChI is InChI=1S/C16H22N4OS/c1-4-12-7-9-13(10-8-12)17-15(21)11-22-16-19-18-14(5-2)20(16)6-3/h7-10H,4-6,11H2,1-3H3,(H,17,21). The lowest BCUT2D eigenvalue weighted by molar-refractivity contribution is -0.113. The molecule has 2 aromatic rings. The largest absolute Gasteiger partial charge is 0.325 e. The van der Waals surface area contributed by atoms with Crippen LogP contribution < -0.4 is 5.32 Å². The molecule has 0 saturated carbocycles. The highest BCUT2D eigenvalue weighted by Gasteiger charge is 2.12. The van der Waals surface area contributed by atoms with Crippen molar-refractivity contribution in [2.75, 3.05) is 11.1 Å². The Morgan fingerprint density at radius 3 is 2.45 bits per heavy atom. The Morgan fingerprint density at radius 2 is 1.86 bits per heavy atom. The zero-order valence-electron chi connectivity index (χ0n) is 13.3. The van der Waals surface area contributed by atoms with Gasteiger partial charge in [-0.25, -0.2) is 0 Å². The lowest BCUT2D eigenvalue weighted by atomic mass is 10.1. The number of nitrogens with one attached hydrogen (secondary N) is 1. The van der Waals surface area contributed by atoms with Gasteiger partial charge in [-0.05, 0) is 31.0 Å². The van der Waals surface area contributed by atoms with Crippen molar-refractivity contribution >= 4 is 23.4 Å². The lowest BCUT2D eigenvalue weighted by Gasteiger charge is -2.07. The lowest BCUT2D eigenvalue weighted by Crippen LogP contribution is -2.14. The predicted molar refractivity (Wildman–Crippen MR) is 90.2 cm³/mol. The fourth-order valence-corrected chi connectivity index (χ4v) is 2.98. The molecule has 0 saturated heterocycles. The molecule has 6 heteroatoms. The molecule has 0 spiro atoms. The predicted octanol–water partition coefficient (Wildman–Crippen LogP) is 3.15. The van der Waals surface area contributed by atoms with E-state index in [9.17, 15) is 4.79 Å². The van der Waals surface area contributed by atoms with Gasteiger partial charge in [0.1, 0.15) is 5.82 Å². The molecule has 1 aromatic carbocycles. The highest BCUT2D eigenvalue weighted by atomic mass is 32.2. The number of hydrogen-bond acceptors (Lipinski definition) is 4. The Hall–Kier alpha value is -1.82. The maximum atomic E-state index is 12.0. The number of anilines is 1. The third-order valence-electron chi connectivity index (χ3n) is 3.40. The molecule has 0 aliphatic carbocycles. The number of aryl methyl sites for hydroxylation is 2. The average Bonchev–Trinajstić information content (AvgIpc) is 2.95. The van der Waals surface area contributed by atoms with E-state index in [-0.39, 0.29) is 5.91 Å². The van der Waals surface area contributed by atoms with Crippen molar-refractivity contribution in [3.63, 3.8) is 0 Å². The second-order valence-electron chi connectivity index (χ2n) is 4.88. The monoisotopic (exact) mass is 318 g/mol. The molecular formula is C16H22N4OS. The summed E-state index contributed by atoms with van der Waals surface area (Å²) in [6, 6.07) is 7.93. The van der Waals surface area contributed by atoms with Crippen LogP contribution in [-0.4, -0.2) is 26.4 Å². The number of thioether (sulfide) groups is 1. The van der Waals surface area contributed by atoms with Crippen LogP contribution in [-0.2, 0) is 24.2 Å². The van der Waals surface area contributed by atoms with Crippen molar-refractivity contribution < 1.29 is 4.79 Å². The molecule has 1 amide bonds. The van der Waals surface area contributed by atoms with Gasteiger partial charge in [0, 0.05) is 18.7 Å². The first-order valence-corrected chi connectivity index (χ1v) is 8.60. The summed E-state index contributed by atoms with van der Waals surface area (Å²) < 4.78 is 2.05. The summed E-state index contributed by atoms with van der Waals surface area (Å²) in [5, 5.41) is 12.0. The molecule has 5 nitrogen and oxygen atoms in total. The van der Waals surface area contributed by atoms with Gasteiger partial charge in [0.2, 0.25) is 5.91 Å². The zero-order valence-corrected chi connectivity index (χ0v) is 14.1. The van der Waals surface area contributed by atoms with E-state index in [1.54, 1.807) is 0 Å². The van der Waals surface area contributed by atoms with Crippen LogP contribution in [0.5, 0.6) is 0 Å². The highest BCUT2D eigenvalue weighted by Crippen LogP contribution is 2.18. The summed E-state index contributed by atoms with van der Waals surface area (Å²) in [7, 11) is 0. The Kier molecular flexibility index (Phi) is 6.00. The maximum Gasteiger partial charge on any atom is 0.234 e. The first-order valence-electron chi connectivity index (χ1n) is 7.61. The SMILES string of the molecule is CCc1ccc(NC(=O)CSc2nnc(CC)n2CC)cc1. The fraction of sp³-hybridized carbons (Fsp3) is 0.438. The van der Waals surface area contributed by atoms with Gasteiger partial charge in [-0.1, -0.05) is 37.7 Å². The number of amides is 1. The summed E-state index contributed by atoms with van der Waals surface area (Å²) in [4.78, 5) is 12.0. The zero-order chi connectivity index (χ0) is 15.9. The van der Waals surface area contributed by atoms with Gasteiger partial charge < -0.3 is 9.88 Å². The van der Waals surface area contributed by atoms with Gasteiger partial charge >= 0.3 is 0 Å². The minimum absolute atomic E-state index is 0.0297. The van der Waals surface area contributed by atoms with Crippen molar-refractivity contribution in [3.05, 3.63) is 35.7 Å². The van der Waals surface area contributed by atoms with Crippen molar-refractivity contribution in [1.82, 2.24) is 14.8 Å². The van der Waals surface area contributed by atoms with E-state index in [1.807, 2.05) is 28.8 Å². The molecule has 0 fully saturated rings. The van der Waals surface area contributed by atoms with Crippen LogP contribution in [0.2, 0.25) is 0 Å². The van der Waals surface area contributed by atoms with Gasteiger partial charge in [0.05, 0.1) is 5.75 Å². The fourth-order valence-electron chi connectivity index (χ4n) is 2.16. The summed E-state index contributed by atoms with van der Waals surface area (Å²) in [5.41, 5.74) is 2.09. The Morgan fingerprint density at radius 1 is 1.14 bits per heavy atom. The van der Waals surface area contributed by atoms with Crippen molar-refractivity contribution in [3.8, 4) is 0 Å². The van der Waals surface area contributed by atoms with E-state index in [2.05, 4.69) is 36.3 Å². The number of hydrogen-bond donors (Lipinski definition) is 1. The Bertz CT molecular complexity index is 622. The van der Waals surface area contributed by atoms with E-state index in [0.717, 1.165) is 36.1 Å². The number of nitrogens with zero attached hydrogens (tertiary/aromatic N) is 3. The third-order valence-corrected chi connectivity index (χ3v) is 4.37. The first-order chi connectivity index (χ1) is 10.7. The van der Waals surface area contributed by atoms with Gasteiger partial charge in [-0.15, -0.1) is 10.2 Å². The quantitative estimate of drug-likeness (QED) is 0.797. The minimum Gasteiger partial charge on any atom is -0.325 e. The molecule has 0 unspecified atom stereocenters. The number of carbonyl (C=O) groups is 1.